The standard InChI is InChI=1S/C22H28N2O4S2/c1-3-15-11-17(5-7-19(15)25)29-13-21(27)23-9-10-24-22(28)14-30-18-6-8-20(26)16(4-2)12-18/h5-8,11-12,25-26H,3-4,9-10,13-14H2,1-2H3,(H,23,27)(H,24,28). The average molecular weight is 449 g/mol. The van der Waals surface area contributed by atoms with Gasteiger partial charge in [0.05, 0.1) is 11.5 Å². The van der Waals surface area contributed by atoms with Crippen LogP contribution in [-0.4, -0.2) is 46.6 Å². The normalized spacial score (nSPS) is 10.6. The number of amides is 2. The van der Waals surface area contributed by atoms with Crippen molar-refractivity contribution in [2.24, 2.45) is 0 Å². The van der Waals surface area contributed by atoms with Gasteiger partial charge in [-0.25, -0.2) is 0 Å². The molecule has 4 N–H and O–H groups in total. The first-order valence-electron chi connectivity index (χ1n) is 9.85. The van der Waals surface area contributed by atoms with Gasteiger partial charge >= 0.3 is 0 Å². The van der Waals surface area contributed by atoms with Gasteiger partial charge in [-0.05, 0) is 60.4 Å². The van der Waals surface area contributed by atoms with Gasteiger partial charge in [-0.2, -0.15) is 0 Å². The molecule has 8 heteroatoms. The van der Waals surface area contributed by atoms with E-state index in [2.05, 4.69) is 10.6 Å². The van der Waals surface area contributed by atoms with Crippen LogP contribution < -0.4 is 10.6 Å². The largest absolute Gasteiger partial charge is 0.508 e. The summed E-state index contributed by atoms with van der Waals surface area (Å²) < 4.78 is 0. The minimum absolute atomic E-state index is 0.106. The molecule has 0 heterocycles. The summed E-state index contributed by atoms with van der Waals surface area (Å²) in [6, 6.07) is 10.7. The Kier molecular flexibility index (Phi) is 9.89. The summed E-state index contributed by atoms with van der Waals surface area (Å²) in [4.78, 5) is 25.8. The fourth-order valence-electron chi connectivity index (χ4n) is 2.67. The lowest BCUT2D eigenvalue weighted by Gasteiger charge is -2.09. The molecule has 0 aliphatic rings. The molecule has 0 fully saturated rings. The highest BCUT2D eigenvalue weighted by Crippen LogP contribution is 2.26. The van der Waals surface area contributed by atoms with Crippen molar-refractivity contribution in [3.05, 3.63) is 47.5 Å². The summed E-state index contributed by atoms with van der Waals surface area (Å²) in [6.45, 7) is 4.67. The smallest absolute Gasteiger partial charge is 0.230 e. The summed E-state index contributed by atoms with van der Waals surface area (Å²) in [5, 5.41) is 25.0. The zero-order chi connectivity index (χ0) is 21.9. The van der Waals surface area contributed by atoms with Gasteiger partial charge in [-0.15, -0.1) is 23.5 Å². The lowest BCUT2D eigenvalue weighted by Crippen LogP contribution is -2.36. The molecule has 0 atom stereocenters. The molecule has 0 aromatic heterocycles. The summed E-state index contributed by atoms with van der Waals surface area (Å²) in [6.07, 6.45) is 1.47. The fourth-order valence-corrected chi connectivity index (χ4v) is 4.25. The number of hydrogen-bond donors (Lipinski definition) is 4. The van der Waals surface area contributed by atoms with E-state index in [9.17, 15) is 19.8 Å². The number of aryl methyl sites for hydroxylation is 2. The van der Waals surface area contributed by atoms with Crippen LogP contribution in [0.2, 0.25) is 0 Å². The van der Waals surface area contributed by atoms with Crippen LogP contribution in [0.3, 0.4) is 0 Å². The van der Waals surface area contributed by atoms with E-state index in [1.165, 1.54) is 23.5 Å². The topological polar surface area (TPSA) is 98.7 Å². The van der Waals surface area contributed by atoms with Crippen molar-refractivity contribution in [1.82, 2.24) is 10.6 Å². The predicted octanol–water partition coefficient (Wildman–Crippen LogP) is 3.34. The van der Waals surface area contributed by atoms with Crippen molar-refractivity contribution in [1.29, 1.82) is 0 Å². The van der Waals surface area contributed by atoms with Gasteiger partial charge in [0.2, 0.25) is 11.8 Å². The lowest BCUT2D eigenvalue weighted by molar-refractivity contribution is -0.120. The molecular weight excluding hydrogens is 420 g/mol. The van der Waals surface area contributed by atoms with Crippen LogP contribution >= 0.6 is 23.5 Å². The first kappa shape index (κ1) is 24.0. The summed E-state index contributed by atoms with van der Waals surface area (Å²) in [7, 11) is 0. The Labute approximate surface area is 185 Å². The SMILES string of the molecule is CCc1cc(SCC(=O)NCCNC(=O)CSc2ccc(O)c(CC)c2)ccc1O. The van der Waals surface area contributed by atoms with Gasteiger partial charge in [0.1, 0.15) is 11.5 Å². The molecule has 0 saturated carbocycles. The van der Waals surface area contributed by atoms with Crippen molar-refractivity contribution in [3.8, 4) is 11.5 Å². The maximum atomic E-state index is 12.0. The van der Waals surface area contributed by atoms with Crippen LogP contribution in [0.25, 0.3) is 0 Å². The highest BCUT2D eigenvalue weighted by molar-refractivity contribution is 8.00. The van der Waals surface area contributed by atoms with E-state index in [0.29, 0.717) is 13.1 Å². The molecule has 0 radical (unpaired) electrons. The molecule has 2 amide bonds. The zero-order valence-electron chi connectivity index (χ0n) is 17.2. The van der Waals surface area contributed by atoms with E-state index in [1.54, 1.807) is 24.3 Å². The van der Waals surface area contributed by atoms with E-state index >= 15 is 0 Å². The number of carbonyl (C=O) groups excluding carboxylic acids is 2. The van der Waals surface area contributed by atoms with Gasteiger partial charge in [-0.1, -0.05) is 13.8 Å². The van der Waals surface area contributed by atoms with Crippen molar-refractivity contribution < 1.29 is 19.8 Å². The van der Waals surface area contributed by atoms with Crippen LogP contribution in [0.4, 0.5) is 0 Å². The number of nitrogens with one attached hydrogen (secondary N) is 2. The molecule has 0 bridgehead atoms. The van der Waals surface area contributed by atoms with E-state index in [0.717, 1.165) is 33.8 Å². The quantitative estimate of drug-likeness (QED) is 0.311. The Balaban J connectivity index is 1.62. The second kappa shape index (κ2) is 12.4. The second-order valence-corrected chi connectivity index (χ2v) is 8.66. The van der Waals surface area contributed by atoms with Crippen LogP contribution in [0.15, 0.2) is 46.2 Å². The number of aromatic hydroxyl groups is 2. The van der Waals surface area contributed by atoms with Gasteiger partial charge in [0, 0.05) is 22.9 Å². The Hall–Kier alpha value is -2.32. The van der Waals surface area contributed by atoms with Gasteiger partial charge in [-0.3, -0.25) is 9.59 Å². The van der Waals surface area contributed by atoms with Gasteiger partial charge < -0.3 is 20.8 Å². The third-order valence-corrected chi connectivity index (χ3v) is 6.36. The van der Waals surface area contributed by atoms with Gasteiger partial charge in [0.15, 0.2) is 0 Å². The first-order valence-corrected chi connectivity index (χ1v) is 11.8. The number of carbonyl (C=O) groups is 2. The molecule has 0 unspecified atom stereocenters. The number of rotatable bonds is 11. The molecule has 162 valence electrons. The van der Waals surface area contributed by atoms with Crippen LogP contribution in [0.1, 0.15) is 25.0 Å². The van der Waals surface area contributed by atoms with E-state index in [1.807, 2.05) is 26.0 Å². The Morgan fingerprint density at radius 3 is 1.53 bits per heavy atom. The molecule has 0 spiro atoms. The molecule has 0 aliphatic heterocycles. The van der Waals surface area contributed by atoms with Crippen LogP contribution in [0.5, 0.6) is 11.5 Å². The molecule has 2 aromatic carbocycles. The number of thioether (sulfide) groups is 2. The molecular formula is C22H28N2O4S2. The molecule has 6 nitrogen and oxygen atoms in total. The highest BCUT2D eigenvalue weighted by atomic mass is 32.2. The van der Waals surface area contributed by atoms with Crippen molar-refractivity contribution in [3.63, 3.8) is 0 Å². The minimum Gasteiger partial charge on any atom is -0.508 e. The summed E-state index contributed by atoms with van der Waals surface area (Å²) in [5.74, 6) is 0.890. The van der Waals surface area contributed by atoms with E-state index in [4.69, 9.17) is 0 Å². The number of phenols is 2. The maximum absolute atomic E-state index is 12.0. The minimum atomic E-state index is -0.106. The first-order chi connectivity index (χ1) is 14.4. The van der Waals surface area contributed by atoms with Gasteiger partial charge in [0.25, 0.3) is 0 Å². The molecule has 2 aromatic rings. The van der Waals surface area contributed by atoms with E-state index in [-0.39, 0.29) is 34.8 Å². The second-order valence-electron chi connectivity index (χ2n) is 6.57. The zero-order valence-corrected chi connectivity index (χ0v) is 18.9. The monoisotopic (exact) mass is 448 g/mol. The molecule has 30 heavy (non-hydrogen) atoms. The fraction of sp³-hybridized carbons (Fsp3) is 0.364. The third-order valence-electron chi connectivity index (χ3n) is 4.37. The Morgan fingerprint density at radius 2 is 1.17 bits per heavy atom. The predicted molar refractivity (Wildman–Crippen MR) is 122 cm³/mol. The molecule has 0 saturated heterocycles. The number of phenolic OH excluding ortho intramolecular Hbond substituents is 2. The van der Waals surface area contributed by atoms with Crippen LogP contribution in [-0.2, 0) is 22.4 Å². The number of hydrogen-bond acceptors (Lipinski definition) is 6. The van der Waals surface area contributed by atoms with Crippen molar-refractivity contribution in [2.75, 3.05) is 24.6 Å². The molecule has 0 aliphatic carbocycles. The summed E-state index contributed by atoms with van der Waals surface area (Å²) >= 11 is 2.82. The van der Waals surface area contributed by atoms with Crippen molar-refractivity contribution >= 4 is 35.3 Å². The maximum Gasteiger partial charge on any atom is 0.230 e. The average Bonchev–Trinajstić information content (AvgIpc) is 2.75. The lowest BCUT2D eigenvalue weighted by atomic mass is 10.1. The van der Waals surface area contributed by atoms with Crippen molar-refractivity contribution in [2.45, 2.75) is 36.5 Å². The summed E-state index contributed by atoms with van der Waals surface area (Å²) in [5.41, 5.74) is 1.72. The highest BCUT2D eigenvalue weighted by Gasteiger charge is 2.07. The third kappa shape index (κ3) is 7.84. The number of benzene rings is 2. The molecule has 2 rings (SSSR count). The Morgan fingerprint density at radius 1 is 0.767 bits per heavy atom. The van der Waals surface area contributed by atoms with Crippen LogP contribution in [0, 0.1) is 0 Å². The Bertz CT molecular complexity index is 803. The van der Waals surface area contributed by atoms with E-state index < -0.39 is 0 Å².